The number of allylic oxidation sites excluding steroid dienone is 1. The van der Waals surface area contributed by atoms with Crippen LogP contribution in [0, 0.1) is 0 Å². The number of pyridine rings is 1. The van der Waals surface area contributed by atoms with Crippen molar-refractivity contribution in [2.45, 2.75) is 19.3 Å². The van der Waals surface area contributed by atoms with Gasteiger partial charge in [0.2, 0.25) is 6.79 Å². The lowest BCUT2D eigenvalue weighted by Crippen LogP contribution is -2.13. The molecular formula is C22H17NO4. The van der Waals surface area contributed by atoms with Crippen molar-refractivity contribution in [2.24, 2.45) is 0 Å². The van der Waals surface area contributed by atoms with Crippen LogP contribution >= 0.6 is 0 Å². The Bertz CT molecular complexity index is 1120. The van der Waals surface area contributed by atoms with Crippen LogP contribution in [0.3, 0.4) is 0 Å². The van der Waals surface area contributed by atoms with E-state index >= 15 is 0 Å². The van der Waals surface area contributed by atoms with Crippen LogP contribution in [0.5, 0.6) is 11.5 Å². The highest BCUT2D eigenvalue weighted by Gasteiger charge is 2.25. The standard InChI is InChI=1S/C22H17NO4/c24-22(25)20-15-5-1-2-7-17(15)23-21-14(4-3-6-16(20)21)10-13-8-9-18-19(11-13)27-12-26-18/h1-2,5,7-11H,3-4,6,12H2,(H,24,25)/b14-10+. The van der Waals surface area contributed by atoms with Gasteiger partial charge in [-0.1, -0.05) is 24.3 Å². The Morgan fingerprint density at radius 2 is 1.93 bits per heavy atom. The van der Waals surface area contributed by atoms with E-state index in [1.807, 2.05) is 42.5 Å². The number of hydrogen-bond donors (Lipinski definition) is 1. The van der Waals surface area contributed by atoms with Crippen molar-refractivity contribution in [1.82, 2.24) is 4.98 Å². The van der Waals surface area contributed by atoms with Gasteiger partial charge < -0.3 is 14.6 Å². The molecule has 1 aliphatic carbocycles. The number of ether oxygens (including phenoxy) is 2. The summed E-state index contributed by atoms with van der Waals surface area (Å²) in [6.07, 6.45) is 4.58. The van der Waals surface area contributed by atoms with Crippen LogP contribution in [-0.4, -0.2) is 22.9 Å². The maximum atomic E-state index is 12.0. The maximum absolute atomic E-state index is 12.0. The Kier molecular flexibility index (Phi) is 3.60. The normalized spacial score (nSPS) is 16.5. The minimum atomic E-state index is -0.894. The predicted molar refractivity (Wildman–Crippen MR) is 102 cm³/mol. The lowest BCUT2D eigenvalue weighted by Gasteiger charge is -2.21. The summed E-state index contributed by atoms with van der Waals surface area (Å²) in [4.78, 5) is 16.8. The van der Waals surface area contributed by atoms with E-state index in [0.29, 0.717) is 16.5 Å². The minimum absolute atomic E-state index is 0.244. The first kappa shape index (κ1) is 15.9. The van der Waals surface area contributed by atoms with Gasteiger partial charge in [-0.25, -0.2) is 9.78 Å². The summed E-state index contributed by atoms with van der Waals surface area (Å²) in [5.74, 6) is 0.589. The quantitative estimate of drug-likeness (QED) is 0.727. The predicted octanol–water partition coefficient (Wildman–Crippen LogP) is 4.54. The van der Waals surface area contributed by atoms with Gasteiger partial charge in [-0.15, -0.1) is 0 Å². The molecule has 2 heterocycles. The van der Waals surface area contributed by atoms with Gasteiger partial charge >= 0.3 is 5.97 Å². The third-order valence-electron chi connectivity index (χ3n) is 5.12. The molecule has 0 radical (unpaired) electrons. The summed E-state index contributed by atoms with van der Waals surface area (Å²) in [6, 6.07) is 13.3. The van der Waals surface area contributed by atoms with E-state index in [1.54, 1.807) is 0 Å². The number of nitrogens with zero attached hydrogens (tertiary/aromatic N) is 1. The monoisotopic (exact) mass is 359 g/mol. The zero-order valence-corrected chi connectivity index (χ0v) is 14.6. The fourth-order valence-corrected chi connectivity index (χ4v) is 3.92. The first-order valence-electron chi connectivity index (χ1n) is 8.96. The highest BCUT2D eigenvalue weighted by molar-refractivity contribution is 6.05. The van der Waals surface area contributed by atoms with Crippen molar-refractivity contribution in [3.05, 3.63) is 64.8 Å². The molecule has 5 rings (SSSR count). The fraction of sp³-hybridized carbons (Fsp3) is 0.182. The molecule has 2 aromatic carbocycles. The Morgan fingerprint density at radius 1 is 1.07 bits per heavy atom. The SMILES string of the molecule is O=C(O)c1c2c(nc3ccccc13)/C(=C/c1ccc3c(c1)OCO3)CCC2. The van der Waals surface area contributed by atoms with E-state index in [0.717, 1.165) is 53.2 Å². The van der Waals surface area contributed by atoms with E-state index in [2.05, 4.69) is 6.08 Å². The molecule has 5 heteroatoms. The van der Waals surface area contributed by atoms with Gasteiger partial charge in [0.25, 0.3) is 0 Å². The van der Waals surface area contributed by atoms with Crippen molar-refractivity contribution in [1.29, 1.82) is 0 Å². The molecule has 0 unspecified atom stereocenters. The van der Waals surface area contributed by atoms with Gasteiger partial charge in [0.05, 0.1) is 16.8 Å². The van der Waals surface area contributed by atoms with Crippen LogP contribution < -0.4 is 9.47 Å². The molecule has 0 saturated carbocycles. The Labute approximate surface area is 155 Å². The second-order valence-electron chi connectivity index (χ2n) is 6.77. The lowest BCUT2D eigenvalue weighted by atomic mass is 9.86. The molecule has 0 fully saturated rings. The summed E-state index contributed by atoms with van der Waals surface area (Å²) in [5.41, 5.74) is 4.78. The molecule has 27 heavy (non-hydrogen) atoms. The average molecular weight is 359 g/mol. The topological polar surface area (TPSA) is 68.7 Å². The van der Waals surface area contributed by atoms with E-state index in [9.17, 15) is 9.90 Å². The number of rotatable bonds is 2. The largest absolute Gasteiger partial charge is 0.478 e. The first-order valence-corrected chi connectivity index (χ1v) is 8.96. The third-order valence-corrected chi connectivity index (χ3v) is 5.12. The minimum Gasteiger partial charge on any atom is -0.478 e. The van der Waals surface area contributed by atoms with Crippen molar-refractivity contribution in [2.75, 3.05) is 6.79 Å². The van der Waals surface area contributed by atoms with Crippen LogP contribution in [0.1, 0.15) is 40.0 Å². The van der Waals surface area contributed by atoms with Gasteiger partial charge in [0, 0.05) is 5.39 Å². The van der Waals surface area contributed by atoms with Gasteiger partial charge in [-0.05, 0) is 60.2 Å². The van der Waals surface area contributed by atoms with Crippen LogP contribution in [0.25, 0.3) is 22.6 Å². The summed E-state index contributed by atoms with van der Waals surface area (Å²) in [5, 5.41) is 10.5. The number of carbonyl (C=O) groups is 1. The smallest absolute Gasteiger partial charge is 0.336 e. The molecule has 0 atom stereocenters. The molecule has 5 nitrogen and oxygen atoms in total. The molecule has 0 spiro atoms. The van der Waals surface area contributed by atoms with Gasteiger partial charge in [0.1, 0.15) is 0 Å². The molecule has 3 aromatic rings. The molecule has 2 aliphatic rings. The third kappa shape index (κ3) is 2.63. The molecule has 1 aromatic heterocycles. The van der Waals surface area contributed by atoms with Crippen LogP contribution in [0.15, 0.2) is 42.5 Å². The number of carboxylic acid groups (broad SMARTS) is 1. The number of benzene rings is 2. The van der Waals surface area contributed by atoms with Gasteiger partial charge in [0.15, 0.2) is 11.5 Å². The van der Waals surface area contributed by atoms with E-state index in [-0.39, 0.29) is 6.79 Å². The number of fused-ring (bicyclic) bond motifs is 3. The Morgan fingerprint density at radius 3 is 2.81 bits per heavy atom. The number of aromatic carboxylic acids is 1. The summed E-state index contributed by atoms with van der Waals surface area (Å²) in [6.45, 7) is 0.244. The van der Waals surface area contributed by atoms with Gasteiger partial charge in [-0.2, -0.15) is 0 Å². The van der Waals surface area contributed by atoms with Crippen molar-refractivity contribution >= 4 is 28.5 Å². The average Bonchev–Trinajstić information content (AvgIpc) is 3.14. The summed E-state index contributed by atoms with van der Waals surface area (Å²) < 4.78 is 10.8. The molecule has 0 amide bonds. The molecule has 0 bridgehead atoms. The Balaban J connectivity index is 1.69. The second-order valence-corrected chi connectivity index (χ2v) is 6.77. The van der Waals surface area contributed by atoms with Crippen LogP contribution in [0.2, 0.25) is 0 Å². The zero-order chi connectivity index (χ0) is 18.4. The van der Waals surface area contributed by atoms with E-state index in [1.165, 1.54) is 0 Å². The number of para-hydroxylation sites is 1. The summed E-state index contributed by atoms with van der Waals surface area (Å²) in [7, 11) is 0. The zero-order valence-electron chi connectivity index (χ0n) is 14.6. The van der Waals surface area contributed by atoms with Crippen LogP contribution in [0.4, 0.5) is 0 Å². The number of carboxylic acids is 1. The number of aromatic nitrogens is 1. The van der Waals surface area contributed by atoms with E-state index < -0.39 is 5.97 Å². The Hall–Kier alpha value is -3.34. The second kappa shape index (κ2) is 6.13. The highest BCUT2D eigenvalue weighted by atomic mass is 16.7. The first-order chi connectivity index (χ1) is 13.2. The van der Waals surface area contributed by atoms with Crippen molar-refractivity contribution in [3.63, 3.8) is 0 Å². The fourth-order valence-electron chi connectivity index (χ4n) is 3.92. The highest BCUT2D eigenvalue weighted by Crippen LogP contribution is 2.38. The van der Waals surface area contributed by atoms with E-state index in [4.69, 9.17) is 14.5 Å². The molecule has 134 valence electrons. The van der Waals surface area contributed by atoms with Gasteiger partial charge in [-0.3, -0.25) is 0 Å². The molecule has 1 aliphatic heterocycles. The molecular weight excluding hydrogens is 342 g/mol. The molecule has 1 N–H and O–H groups in total. The lowest BCUT2D eigenvalue weighted by molar-refractivity contribution is 0.0697. The van der Waals surface area contributed by atoms with Crippen molar-refractivity contribution in [3.8, 4) is 11.5 Å². The van der Waals surface area contributed by atoms with Crippen LogP contribution in [-0.2, 0) is 6.42 Å². The maximum Gasteiger partial charge on any atom is 0.336 e. The van der Waals surface area contributed by atoms with Crippen molar-refractivity contribution < 1.29 is 19.4 Å². The number of hydrogen-bond acceptors (Lipinski definition) is 4. The summed E-state index contributed by atoms with van der Waals surface area (Å²) >= 11 is 0. The molecule has 0 saturated heterocycles.